The Bertz CT molecular complexity index is 571. The summed E-state index contributed by atoms with van der Waals surface area (Å²) in [5.41, 5.74) is 0. The topological polar surface area (TPSA) is 114 Å². The van der Waals surface area contributed by atoms with Gasteiger partial charge in [0, 0.05) is 25.8 Å². The van der Waals surface area contributed by atoms with E-state index >= 15 is 0 Å². The van der Waals surface area contributed by atoms with Gasteiger partial charge in [-0.1, -0.05) is 0 Å². The monoisotopic (exact) mass is 287 g/mol. The van der Waals surface area contributed by atoms with E-state index in [1.807, 2.05) is 0 Å². The molecule has 1 aromatic heterocycles. The van der Waals surface area contributed by atoms with Crippen LogP contribution in [0.2, 0.25) is 0 Å². The van der Waals surface area contributed by atoms with E-state index in [2.05, 4.69) is 4.98 Å². The lowest BCUT2D eigenvalue weighted by molar-refractivity contribution is -0.389. The second kappa shape index (κ2) is 5.19. The van der Waals surface area contributed by atoms with Gasteiger partial charge in [0.25, 0.3) is 0 Å². The number of aliphatic hydroxyl groups excluding tert-OH is 1. The molecule has 2 rings (SSSR count). The SMILES string of the molecule is O=[N+]([O-])c1ccc(S(=O)(=O)N2CCC(CO)C2)cn1. The van der Waals surface area contributed by atoms with Crippen molar-refractivity contribution >= 4 is 15.8 Å². The predicted molar refractivity (Wildman–Crippen MR) is 64.8 cm³/mol. The molecule has 19 heavy (non-hydrogen) atoms. The van der Waals surface area contributed by atoms with E-state index in [0.717, 1.165) is 12.3 Å². The van der Waals surface area contributed by atoms with Crippen LogP contribution in [-0.4, -0.2) is 47.4 Å². The summed E-state index contributed by atoms with van der Waals surface area (Å²) in [6, 6.07) is 2.24. The maximum absolute atomic E-state index is 12.2. The number of pyridine rings is 1. The van der Waals surface area contributed by atoms with Gasteiger partial charge in [-0.15, -0.1) is 0 Å². The van der Waals surface area contributed by atoms with Gasteiger partial charge in [-0.3, -0.25) is 0 Å². The van der Waals surface area contributed by atoms with E-state index in [1.165, 1.54) is 10.4 Å². The number of hydrogen-bond donors (Lipinski definition) is 1. The average Bonchev–Trinajstić information content (AvgIpc) is 2.88. The third-order valence-electron chi connectivity index (χ3n) is 3.05. The van der Waals surface area contributed by atoms with E-state index in [1.54, 1.807) is 0 Å². The van der Waals surface area contributed by atoms with Crippen LogP contribution in [-0.2, 0) is 10.0 Å². The normalized spacial score (nSPS) is 20.6. The first-order valence-corrected chi connectivity index (χ1v) is 7.10. The van der Waals surface area contributed by atoms with Crippen LogP contribution in [0.1, 0.15) is 6.42 Å². The zero-order valence-corrected chi connectivity index (χ0v) is 10.8. The fourth-order valence-corrected chi connectivity index (χ4v) is 3.42. The molecule has 1 atom stereocenters. The van der Waals surface area contributed by atoms with Crippen LogP contribution < -0.4 is 0 Å². The Kier molecular flexibility index (Phi) is 3.78. The molecule has 1 aliphatic rings. The number of nitrogens with zero attached hydrogens (tertiary/aromatic N) is 3. The molecule has 0 spiro atoms. The fourth-order valence-electron chi connectivity index (χ4n) is 1.95. The summed E-state index contributed by atoms with van der Waals surface area (Å²) in [6.45, 7) is 0.547. The summed E-state index contributed by atoms with van der Waals surface area (Å²) in [7, 11) is -3.69. The van der Waals surface area contributed by atoms with Crippen molar-refractivity contribution in [2.24, 2.45) is 5.92 Å². The Labute approximate surface area is 109 Å². The van der Waals surface area contributed by atoms with Gasteiger partial charge < -0.3 is 15.2 Å². The summed E-state index contributed by atoms with van der Waals surface area (Å²) >= 11 is 0. The average molecular weight is 287 g/mol. The van der Waals surface area contributed by atoms with Crippen molar-refractivity contribution in [1.29, 1.82) is 0 Å². The van der Waals surface area contributed by atoms with Crippen LogP contribution in [0.25, 0.3) is 0 Å². The molecule has 104 valence electrons. The van der Waals surface area contributed by atoms with E-state index < -0.39 is 20.8 Å². The van der Waals surface area contributed by atoms with E-state index in [0.29, 0.717) is 13.0 Å². The van der Waals surface area contributed by atoms with Crippen LogP contribution in [0.5, 0.6) is 0 Å². The quantitative estimate of drug-likeness (QED) is 0.615. The molecule has 0 radical (unpaired) electrons. The van der Waals surface area contributed by atoms with Gasteiger partial charge in [0.15, 0.2) is 6.20 Å². The zero-order chi connectivity index (χ0) is 14.0. The van der Waals surface area contributed by atoms with Crippen molar-refractivity contribution in [2.45, 2.75) is 11.3 Å². The van der Waals surface area contributed by atoms with Crippen molar-refractivity contribution in [3.05, 3.63) is 28.4 Å². The van der Waals surface area contributed by atoms with Crippen LogP contribution in [0.4, 0.5) is 5.82 Å². The highest BCUT2D eigenvalue weighted by molar-refractivity contribution is 7.89. The zero-order valence-electron chi connectivity index (χ0n) is 9.97. The molecule has 1 unspecified atom stereocenters. The molecule has 0 bridgehead atoms. The molecular weight excluding hydrogens is 274 g/mol. The first-order chi connectivity index (χ1) is 8.95. The van der Waals surface area contributed by atoms with Crippen molar-refractivity contribution in [1.82, 2.24) is 9.29 Å². The molecule has 1 fully saturated rings. The minimum atomic E-state index is -3.69. The summed E-state index contributed by atoms with van der Waals surface area (Å²) < 4.78 is 25.7. The number of hydrogen-bond acceptors (Lipinski definition) is 6. The van der Waals surface area contributed by atoms with Crippen molar-refractivity contribution < 1.29 is 18.4 Å². The fraction of sp³-hybridized carbons (Fsp3) is 0.500. The third-order valence-corrected chi connectivity index (χ3v) is 4.90. The number of aliphatic hydroxyl groups is 1. The van der Waals surface area contributed by atoms with Crippen LogP contribution in [0, 0.1) is 16.0 Å². The molecule has 0 aromatic carbocycles. The molecular formula is C10H13N3O5S. The molecule has 8 nitrogen and oxygen atoms in total. The van der Waals surface area contributed by atoms with Crippen LogP contribution >= 0.6 is 0 Å². The lowest BCUT2D eigenvalue weighted by atomic mass is 10.1. The molecule has 0 aliphatic carbocycles. The van der Waals surface area contributed by atoms with Gasteiger partial charge >= 0.3 is 5.82 Å². The molecule has 1 aliphatic heterocycles. The standard InChI is InChI=1S/C10H13N3O5S/c14-7-8-3-4-12(6-8)19(17,18)9-1-2-10(11-5-9)13(15)16/h1-2,5,8,14H,3-4,6-7H2. The minimum absolute atomic E-state index is 0.0511. The largest absolute Gasteiger partial charge is 0.396 e. The third kappa shape index (κ3) is 2.72. The molecule has 2 heterocycles. The lowest BCUT2D eigenvalue weighted by Gasteiger charge is -2.15. The highest BCUT2D eigenvalue weighted by atomic mass is 32.2. The summed E-state index contributed by atoms with van der Waals surface area (Å²) in [4.78, 5) is 13.2. The molecule has 0 saturated carbocycles. The smallest absolute Gasteiger partial charge is 0.363 e. The Morgan fingerprint density at radius 3 is 2.74 bits per heavy atom. The van der Waals surface area contributed by atoms with Gasteiger partial charge in [-0.05, 0) is 28.3 Å². The Hall–Kier alpha value is -1.58. The van der Waals surface area contributed by atoms with Crippen molar-refractivity contribution in [3.8, 4) is 0 Å². The second-order valence-electron chi connectivity index (χ2n) is 4.31. The maximum atomic E-state index is 12.2. The number of rotatable bonds is 4. The molecule has 1 aromatic rings. The maximum Gasteiger partial charge on any atom is 0.363 e. The van der Waals surface area contributed by atoms with E-state index in [-0.39, 0.29) is 24.0 Å². The van der Waals surface area contributed by atoms with Crippen LogP contribution in [0.15, 0.2) is 23.2 Å². The first kappa shape index (κ1) is 13.8. The van der Waals surface area contributed by atoms with Gasteiger partial charge in [-0.25, -0.2) is 8.42 Å². The lowest BCUT2D eigenvalue weighted by Crippen LogP contribution is -2.29. The van der Waals surface area contributed by atoms with Gasteiger partial charge in [0.05, 0.1) is 0 Å². The summed E-state index contributed by atoms with van der Waals surface area (Å²) in [5, 5.41) is 19.5. The number of sulfonamides is 1. The highest BCUT2D eigenvalue weighted by Crippen LogP contribution is 2.24. The Morgan fingerprint density at radius 1 is 1.53 bits per heavy atom. The second-order valence-corrected chi connectivity index (χ2v) is 6.25. The summed E-state index contributed by atoms with van der Waals surface area (Å²) in [6.07, 6.45) is 1.59. The summed E-state index contributed by atoms with van der Waals surface area (Å²) in [5.74, 6) is -0.450. The predicted octanol–water partition coefficient (Wildman–Crippen LogP) is -0.00730. The number of aromatic nitrogens is 1. The minimum Gasteiger partial charge on any atom is -0.396 e. The highest BCUT2D eigenvalue weighted by Gasteiger charge is 2.33. The van der Waals surface area contributed by atoms with Gasteiger partial charge in [0.1, 0.15) is 4.90 Å². The molecule has 9 heteroatoms. The van der Waals surface area contributed by atoms with Gasteiger partial charge in [-0.2, -0.15) is 4.31 Å². The molecule has 1 saturated heterocycles. The van der Waals surface area contributed by atoms with E-state index in [9.17, 15) is 18.5 Å². The Morgan fingerprint density at radius 2 is 2.26 bits per heavy atom. The van der Waals surface area contributed by atoms with Gasteiger partial charge in [0.2, 0.25) is 10.0 Å². The van der Waals surface area contributed by atoms with Crippen molar-refractivity contribution in [2.75, 3.05) is 19.7 Å². The first-order valence-electron chi connectivity index (χ1n) is 5.66. The van der Waals surface area contributed by atoms with Crippen molar-refractivity contribution in [3.63, 3.8) is 0 Å². The van der Waals surface area contributed by atoms with E-state index in [4.69, 9.17) is 5.11 Å². The molecule has 0 amide bonds. The Balaban J connectivity index is 2.22. The van der Waals surface area contributed by atoms with Crippen LogP contribution in [0.3, 0.4) is 0 Å². The molecule has 1 N–H and O–H groups in total. The number of nitro groups is 1.